The highest BCUT2D eigenvalue weighted by Crippen LogP contribution is 2.38. The summed E-state index contributed by atoms with van der Waals surface area (Å²) in [6.07, 6.45) is 10.6. The Balaban J connectivity index is 1.59. The maximum atomic E-state index is 12.7. The van der Waals surface area contributed by atoms with E-state index in [1.165, 1.54) is 5.57 Å². The number of carbonyl (C=O) groups excluding carboxylic acids is 2. The molecule has 138 valence electrons. The highest BCUT2D eigenvalue weighted by Gasteiger charge is 2.33. The Bertz CT molecular complexity index is 890. The smallest absolute Gasteiger partial charge is 0.253 e. The van der Waals surface area contributed by atoms with E-state index in [0.29, 0.717) is 12.1 Å². The molecule has 0 bridgehead atoms. The van der Waals surface area contributed by atoms with E-state index in [1.807, 2.05) is 49.4 Å². The molecular formula is C23H24N2O2. The second-order valence-corrected chi connectivity index (χ2v) is 7.35. The molecule has 4 nitrogen and oxygen atoms in total. The van der Waals surface area contributed by atoms with Gasteiger partial charge in [0, 0.05) is 17.2 Å². The normalized spacial score (nSPS) is 24.0. The van der Waals surface area contributed by atoms with Gasteiger partial charge in [0.1, 0.15) is 0 Å². The predicted octanol–water partition coefficient (Wildman–Crippen LogP) is 4.22. The number of nitrogens with one attached hydrogen (secondary N) is 1. The molecule has 27 heavy (non-hydrogen) atoms. The number of carbonyl (C=O) groups is 2. The number of hydrogen-bond donors (Lipinski definition) is 1. The largest absolute Gasteiger partial charge is 0.325 e. The Hall–Kier alpha value is -2.75. The van der Waals surface area contributed by atoms with Crippen molar-refractivity contribution in [3.63, 3.8) is 0 Å². The Morgan fingerprint density at radius 1 is 1.22 bits per heavy atom. The zero-order chi connectivity index (χ0) is 18.8. The van der Waals surface area contributed by atoms with Crippen molar-refractivity contribution in [1.82, 2.24) is 5.32 Å². The molecule has 2 aliphatic carbocycles. The van der Waals surface area contributed by atoms with Gasteiger partial charge < -0.3 is 5.32 Å². The Labute approximate surface area is 159 Å². The van der Waals surface area contributed by atoms with Crippen LogP contribution in [0.1, 0.15) is 50.5 Å². The van der Waals surface area contributed by atoms with E-state index in [4.69, 9.17) is 0 Å². The standard InChI is InChI=1S/C23H24N2O2/c1-2-17(15-8-4-3-5-9-15)22(26)24-16-12-13-19-18-10-6-7-11-20(18)23(27)25-21(19)14-16/h3-5,8-9,12-14,17,19H,2,6-7,10-11H2,1H3,(H,25,27). The summed E-state index contributed by atoms with van der Waals surface area (Å²) in [5.41, 5.74) is 4.65. The average molecular weight is 360 g/mol. The minimum atomic E-state index is -0.239. The van der Waals surface area contributed by atoms with Crippen LogP contribution in [0.3, 0.4) is 0 Å². The number of amides is 2. The van der Waals surface area contributed by atoms with Crippen LogP contribution in [0, 0.1) is 5.92 Å². The topological polar surface area (TPSA) is 58.5 Å². The maximum absolute atomic E-state index is 12.7. The first-order chi connectivity index (χ1) is 13.2. The summed E-state index contributed by atoms with van der Waals surface area (Å²) in [6.45, 7) is 2.00. The zero-order valence-corrected chi connectivity index (χ0v) is 15.6. The van der Waals surface area contributed by atoms with Crippen molar-refractivity contribution in [2.24, 2.45) is 10.9 Å². The molecule has 4 heteroatoms. The molecule has 0 aromatic heterocycles. The van der Waals surface area contributed by atoms with E-state index in [-0.39, 0.29) is 23.7 Å². The summed E-state index contributed by atoms with van der Waals surface area (Å²) in [5.74, 6) is -0.234. The van der Waals surface area contributed by atoms with E-state index >= 15 is 0 Å². The summed E-state index contributed by atoms with van der Waals surface area (Å²) >= 11 is 0. The lowest BCUT2D eigenvalue weighted by molar-refractivity contribution is -0.119. The maximum Gasteiger partial charge on any atom is 0.253 e. The molecule has 1 aliphatic heterocycles. The molecule has 1 aromatic carbocycles. The van der Waals surface area contributed by atoms with E-state index < -0.39 is 0 Å². The van der Waals surface area contributed by atoms with Gasteiger partial charge in [-0.2, -0.15) is 0 Å². The lowest BCUT2D eigenvalue weighted by Gasteiger charge is -2.33. The summed E-state index contributed by atoms with van der Waals surface area (Å²) in [5, 5.41) is 3.02. The van der Waals surface area contributed by atoms with Gasteiger partial charge in [0.05, 0.1) is 11.6 Å². The molecule has 4 rings (SSSR count). The Kier molecular flexibility index (Phi) is 4.88. The number of fused-ring (bicyclic) bond motifs is 2. The van der Waals surface area contributed by atoms with Crippen LogP contribution in [-0.4, -0.2) is 17.5 Å². The van der Waals surface area contributed by atoms with Gasteiger partial charge in [-0.15, -0.1) is 0 Å². The highest BCUT2D eigenvalue weighted by atomic mass is 16.2. The molecule has 3 aliphatic rings. The van der Waals surface area contributed by atoms with Gasteiger partial charge in [0.25, 0.3) is 11.8 Å². The van der Waals surface area contributed by atoms with E-state index in [9.17, 15) is 9.59 Å². The molecule has 0 saturated heterocycles. The molecule has 2 amide bonds. The van der Waals surface area contributed by atoms with Gasteiger partial charge in [-0.25, -0.2) is 4.99 Å². The molecule has 0 radical (unpaired) electrons. The third-order valence-corrected chi connectivity index (χ3v) is 5.66. The van der Waals surface area contributed by atoms with Crippen LogP contribution in [0.15, 0.2) is 70.4 Å². The van der Waals surface area contributed by atoms with E-state index in [2.05, 4.69) is 16.4 Å². The second-order valence-electron chi connectivity index (χ2n) is 7.35. The summed E-state index contributed by atoms with van der Waals surface area (Å²) < 4.78 is 0. The first kappa shape index (κ1) is 17.7. The number of rotatable bonds is 3. The molecular weight excluding hydrogens is 336 g/mol. The van der Waals surface area contributed by atoms with Crippen molar-refractivity contribution in [3.05, 3.63) is 71.0 Å². The number of allylic oxidation sites excluding steroid dienone is 3. The van der Waals surface area contributed by atoms with Gasteiger partial charge in [0.15, 0.2) is 0 Å². The van der Waals surface area contributed by atoms with E-state index in [0.717, 1.165) is 42.5 Å². The first-order valence-corrected chi connectivity index (χ1v) is 9.78. The SMILES string of the molecule is CCC(C(=O)N=C1C=CC2C(=C1)NC(=O)C1=C2CCCC1)c1ccccc1. The average Bonchev–Trinajstić information content (AvgIpc) is 2.69. The minimum absolute atomic E-state index is 0.0175. The van der Waals surface area contributed by atoms with Crippen molar-refractivity contribution in [2.75, 3.05) is 0 Å². The number of hydrogen-bond acceptors (Lipinski definition) is 2. The summed E-state index contributed by atoms with van der Waals surface area (Å²) in [4.78, 5) is 29.5. The highest BCUT2D eigenvalue weighted by molar-refractivity contribution is 6.12. The monoisotopic (exact) mass is 360 g/mol. The van der Waals surface area contributed by atoms with Crippen LogP contribution in [0.4, 0.5) is 0 Å². The summed E-state index contributed by atoms with van der Waals surface area (Å²) in [6, 6.07) is 9.77. The van der Waals surface area contributed by atoms with Crippen molar-refractivity contribution >= 4 is 17.5 Å². The van der Waals surface area contributed by atoms with Crippen LogP contribution >= 0.6 is 0 Å². The van der Waals surface area contributed by atoms with Gasteiger partial charge in [-0.05, 0) is 55.4 Å². The lowest BCUT2D eigenvalue weighted by Crippen LogP contribution is -2.37. The molecule has 2 atom stereocenters. The van der Waals surface area contributed by atoms with Crippen molar-refractivity contribution in [3.8, 4) is 0 Å². The van der Waals surface area contributed by atoms with Crippen LogP contribution in [0.2, 0.25) is 0 Å². The van der Waals surface area contributed by atoms with Crippen molar-refractivity contribution < 1.29 is 9.59 Å². The minimum Gasteiger partial charge on any atom is -0.325 e. The van der Waals surface area contributed by atoms with Crippen LogP contribution < -0.4 is 5.32 Å². The molecule has 0 saturated carbocycles. The van der Waals surface area contributed by atoms with Gasteiger partial charge >= 0.3 is 0 Å². The van der Waals surface area contributed by atoms with Crippen LogP contribution in [0.25, 0.3) is 0 Å². The quantitative estimate of drug-likeness (QED) is 0.877. The number of aliphatic imine (C=N–C) groups is 1. The summed E-state index contributed by atoms with van der Waals surface area (Å²) in [7, 11) is 0. The number of nitrogens with zero attached hydrogens (tertiary/aromatic N) is 1. The fourth-order valence-electron chi connectivity index (χ4n) is 4.26. The third kappa shape index (κ3) is 3.44. The molecule has 2 unspecified atom stereocenters. The van der Waals surface area contributed by atoms with Gasteiger partial charge in [0.2, 0.25) is 0 Å². The number of benzene rings is 1. The fraction of sp³-hybridized carbons (Fsp3) is 0.348. The van der Waals surface area contributed by atoms with Crippen LogP contribution in [0.5, 0.6) is 0 Å². The Morgan fingerprint density at radius 2 is 2.00 bits per heavy atom. The second kappa shape index (κ2) is 7.47. The van der Waals surface area contributed by atoms with E-state index in [1.54, 1.807) is 0 Å². The predicted molar refractivity (Wildman–Crippen MR) is 106 cm³/mol. The first-order valence-electron chi connectivity index (χ1n) is 9.78. The zero-order valence-electron chi connectivity index (χ0n) is 15.6. The fourth-order valence-corrected chi connectivity index (χ4v) is 4.26. The third-order valence-electron chi connectivity index (χ3n) is 5.66. The van der Waals surface area contributed by atoms with Crippen molar-refractivity contribution in [2.45, 2.75) is 44.9 Å². The Morgan fingerprint density at radius 3 is 2.78 bits per heavy atom. The molecule has 1 aromatic rings. The lowest BCUT2D eigenvalue weighted by atomic mass is 9.77. The molecule has 1 N–H and O–H groups in total. The molecule has 0 fully saturated rings. The van der Waals surface area contributed by atoms with Gasteiger partial charge in [-0.1, -0.05) is 43.3 Å². The van der Waals surface area contributed by atoms with Gasteiger partial charge in [-0.3, -0.25) is 9.59 Å². The molecule has 0 spiro atoms. The van der Waals surface area contributed by atoms with Crippen LogP contribution in [-0.2, 0) is 9.59 Å². The molecule has 1 heterocycles. The van der Waals surface area contributed by atoms with Crippen molar-refractivity contribution in [1.29, 1.82) is 0 Å².